The molecule has 0 spiro atoms. The molecule has 6 heteroatoms. The molecular weight excluding hydrogens is 268 g/mol. The lowest BCUT2D eigenvalue weighted by Gasteiger charge is -2.18. The van der Waals surface area contributed by atoms with E-state index in [1.54, 1.807) is 26.1 Å². The SMILES string of the molecule is CNc1cnc(C(=O)N(C)Cc2ccccc2OC)cn1. The molecule has 21 heavy (non-hydrogen) atoms. The number of nitrogens with zero attached hydrogens (tertiary/aromatic N) is 3. The van der Waals surface area contributed by atoms with Crippen LogP contribution in [0.25, 0.3) is 0 Å². The van der Waals surface area contributed by atoms with Crippen LogP contribution in [0.2, 0.25) is 0 Å². The quantitative estimate of drug-likeness (QED) is 0.907. The summed E-state index contributed by atoms with van der Waals surface area (Å²) in [5.74, 6) is 1.20. The number of carbonyl (C=O) groups is 1. The van der Waals surface area contributed by atoms with Crippen LogP contribution in [0.3, 0.4) is 0 Å². The Morgan fingerprint density at radius 2 is 2.05 bits per heavy atom. The summed E-state index contributed by atoms with van der Waals surface area (Å²) in [6.07, 6.45) is 3.00. The van der Waals surface area contributed by atoms with Gasteiger partial charge in [-0.1, -0.05) is 18.2 Å². The maximum Gasteiger partial charge on any atom is 0.274 e. The first-order valence-electron chi connectivity index (χ1n) is 6.53. The fourth-order valence-corrected chi connectivity index (χ4v) is 1.92. The number of hydrogen-bond donors (Lipinski definition) is 1. The van der Waals surface area contributed by atoms with Crippen molar-refractivity contribution in [3.63, 3.8) is 0 Å². The Morgan fingerprint density at radius 1 is 1.29 bits per heavy atom. The number of methoxy groups -OCH3 is 1. The Labute approximate surface area is 123 Å². The number of rotatable bonds is 5. The summed E-state index contributed by atoms with van der Waals surface area (Å²) in [5, 5.41) is 2.86. The van der Waals surface area contributed by atoms with Gasteiger partial charge in [-0.3, -0.25) is 4.79 Å². The number of aromatic nitrogens is 2. The van der Waals surface area contributed by atoms with E-state index in [1.165, 1.54) is 12.4 Å². The van der Waals surface area contributed by atoms with Gasteiger partial charge < -0.3 is 15.0 Å². The molecule has 0 radical (unpaired) electrons. The Bertz CT molecular complexity index is 613. The highest BCUT2D eigenvalue weighted by molar-refractivity contribution is 5.91. The predicted molar refractivity (Wildman–Crippen MR) is 80.4 cm³/mol. The minimum Gasteiger partial charge on any atom is -0.496 e. The molecule has 1 N–H and O–H groups in total. The van der Waals surface area contributed by atoms with Gasteiger partial charge in [-0.2, -0.15) is 0 Å². The Balaban J connectivity index is 2.11. The molecule has 0 saturated heterocycles. The van der Waals surface area contributed by atoms with Crippen LogP contribution in [0, 0.1) is 0 Å². The van der Waals surface area contributed by atoms with Crippen LogP contribution in [0.1, 0.15) is 16.1 Å². The molecule has 1 heterocycles. The molecule has 0 fully saturated rings. The first-order chi connectivity index (χ1) is 10.2. The van der Waals surface area contributed by atoms with Crippen LogP contribution in [0.5, 0.6) is 5.75 Å². The summed E-state index contributed by atoms with van der Waals surface area (Å²) < 4.78 is 5.29. The molecule has 0 aliphatic rings. The number of anilines is 1. The zero-order valence-electron chi connectivity index (χ0n) is 12.3. The van der Waals surface area contributed by atoms with Crippen molar-refractivity contribution in [1.29, 1.82) is 0 Å². The van der Waals surface area contributed by atoms with Crippen LogP contribution >= 0.6 is 0 Å². The van der Waals surface area contributed by atoms with Gasteiger partial charge >= 0.3 is 0 Å². The minimum atomic E-state index is -0.184. The van der Waals surface area contributed by atoms with Gasteiger partial charge in [0.05, 0.1) is 19.5 Å². The summed E-state index contributed by atoms with van der Waals surface area (Å²) in [7, 11) is 5.09. The lowest BCUT2D eigenvalue weighted by Crippen LogP contribution is -2.27. The molecule has 0 bridgehead atoms. The zero-order chi connectivity index (χ0) is 15.2. The van der Waals surface area contributed by atoms with Crippen molar-refractivity contribution in [2.24, 2.45) is 0 Å². The van der Waals surface area contributed by atoms with Crippen molar-refractivity contribution in [2.45, 2.75) is 6.54 Å². The fourth-order valence-electron chi connectivity index (χ4n) is 1.92. The summed E-state index contributed by atoms with van der Waals surface area (Å²) in [5.41, 5.74) is 1.25. The van der Waals surface area contributed by atoms with Crippen molar-refractivity contribution in [3.8, 4) is 5.75 Å². The van der Waals surface area contributed by atoms with Gasteiger partial charge in [0.1, 0.15) is 17.3 Å². The molecule has 0 atom stereocenters. The van der Waals surface area contributed by atoms with E-state index >= 15 is 0 Å². The first kappa shape index (κ1) is 14.8. The lowest BCUT2D eigenvalue weighted by atomic mass is 10.2. The summed E-state index contributed by atoms with van der Waals surface area (Å²) in [6, 6.07) is 7.61. The van der Waals surface area contributed by atoms with E-state index in [-0.39, 0.29) is 5.91 Å². The van der Waals surface area contributed by atoms with Gasteiger partial charge in [0, 0.05) is 26.2 Å². The second-order valence-electron chi connectivity index (χ2n) is 4.51. The summed E-state index contributed by atoms with van der Waals surface area (Å²) in [6.45, 7) is 0.443. The number of carbonyl (C=O) groups excluding carboxylic acids is 1. The Kier molecular flexibility index (Phi) is 4.71. The van der Waals surface area contributed by atoms with Crippen molar-refractivity contribution >= 4 is 11.7 Å². The first-order valence-corrected chi connectivity index (χ1v) is 6.53. The van der Waals surface area contributed by atoms with Crippen LogP contribution in [-0.4, -0.2) is 42.0 Å². The maximum atomic E-state index is 12.3. The number of para-hydroxylation sites is 1. The van der Waals surface area contributed by atoms with Crippen LogP contribution in [0.4, 0.5) is 5.82 Å². The largest absolute Gasteiger partial charge is 0.496 e. The zero-order valence-corrected chi connectivity index (χ0v) is 12.3. The standard InChI is InChI=1S/C15H18N4O2/c1-16-14-9-17-12(8-18-14)15(20)19(2)10-11-6-4-5-7-13(11)21-3/h4-9H,10H2,1-3H3,(H,16,18). The lowest BCUT2D eigenvalue weighted by molar-refractivity contribution is 0.0778. The molecule has 2 rings (SSSR count). The third-order valence-electron chi connectivity index (χ3n) is 3.07. The van der Waals surface area contributed by atoms with E-state index in [1.807, 2.05) is 24.3 Å². The Morgan fingerprint density at radius 3 is 2.67 bits per heavy atom. The van der Waals surface area contributed by atoms with E-state index in [0.717, 1.165) is 11.3 Å². The molecule has 0 saturated carbocycles. The van der Waals surface area contributed by atoms with E-state index < -0.39 is 0 Å². The van der Waals surface area contributed by atoms with E-state index in [2.05, 4.69) is 15.3 Å². The van der Waals surface area contributed by atoms with E-state index in [9.17, 15) is 4.79 Å². The van der Waals surface area contributed by atoms with Crippen molar-refractivity contribution in [1.82, 2.24) is 14.9 Å². The molecule has 110 valence electrons. The average Bonchev–Trinajstić information content (AvgIpc) is 2.54. The predicted octanol–water partition coefficient (Wildman–Crippen LogP) is 1.80. The van der Waals surface area contributed by atoms with E-state index in [4.69, 9.17) is 4.74 Å². The number of ether oxygens (including phenoxy) is 1. The fraction of sp³-hybridized carbons (Fsp3) is 0.267. The maximum absolute atomic E-state index is 12.3. The van der Waals surface area contributed by atoms with Gasteiger partial charge in [0.25, 0.3) is 5.91 Å². The molecular formula is C15H18N4O2. The summed E-state index contributed by atoms with van der Waals surface area (Å²) >= 11 is 0. The topological polar surface area (TPSA) is 67.4 Å². The third kappa shape index (κ3) is 3.47. The molecule has 1 amide bonds. The Hall–Kier alpha value is -2.63. The number of nitrogens with one attached hydrogen (secondary N) is 1. The number of amides is 1. The van der Waals surface area contributed by atoms with Crippen LogP contribution in [0.15, 0.2) is 36.7 Å². The molecule has 0 aliphatic heterocycles. The van der Waals surface area contributed by atoms with Gasteiger partial charge in [-0.25, -0.2) is 9.97 Å². The average molecular weight is 286 g/mol. The molecule has 6 nitrogen and oxygen atoms in total. The van der Waals surface area contributed by atoms with Crippen molar-refractivity contribution < 1.29 is 9.53 Å². The molecule has 2 aromatic rings. The second kappa shape index (κ2) is 6.69. The van der Waals surface area contributed by atoms with Gasteiger partial charge in [-0.15, -0.1) is 0 Å². The normalized spacial score (nSPS) is 10.0. The third-order valence-corrected chi connectivity index (χ3v) is 3.07. The highest BCUT2D eigenvalue weighted by Gasteiger charge is 2.15. The van der Waals surface area contributed by atoms with Gasteiger partial charge in [0.2, 0.25) is 0 Å². The number of hydrogen-bond acceptors (Lipinski definition) is 5. The van der Waals surface area contributed by atoms with Gasteiger partial charge in [-0.05, 0) is 6.07 Å². The molecule has 0 unspecified atom stereocenters. The highest BCUT2D eigenvalue weighted by Crippen LogP contribution is 2.19. The molecule has 1 aromatic carbocycles. The van der Waals surface area contributed by atoms with E-state index in [0.29, 0.717) is 18.1 Å². The number of benzene rings is 1. The highest BCUT2D eigenvalue weighted by atomic mass is 16.5. The van der Waals surface area contributed by atoms with Crippen LogP contribution in [-0.2, 0) is 6.54 Å². The molecule has 1 aromatic heterocycles. The second-order valence-corrected chi connectivity index (χ2v) is 4.51. The minimum absolute atomic E-state index is 0.184. The van der Waals surface area contributed by atoms with Crippen LogP contribution < -0.4 is 10.1 Å². The van der Waals surface area contributed by atoms with Crippen molar-refractivity contribution in [2.75, 3.05) is 26.5 Å². The smallest absolute Gasteiger partial charge is 0.274 e. The van der Waals surface area contributed by atoms with Gasteiger partial charge in [0.15, 0.2) is 0 Å². The van der Waals surface area contributed by atoms with Crippen molar-refractivity contribution in [3.05, 3.63) is 47.9 Å². The molecule has 0 aliphatic carbocycles. The summed E-state index contributed by atoms with van der Waals surface area (Å²) in [4.78, 5) is 22.1. The monoisotopic (exact) mass is 286 g/mol.